The zero-order chi connectivity index (χ0) is 14.8. The fourth-order valence-electron chi connectivity index (χ4n) is 2.42. The van der Waals surface area contributed by atoms with Crippen LogP contribution in [0.3, 0.4) is 0 Å². The van der Waals surface area contributed by atoms with Crippen molar-refractivity contribution in [1.29, 1.82) is 0 Å². The monoisotopic (exact) mass is 283 g/mol. The van der Waals surface area contributed by atoms with Gasteiger partial charge in [-0.25, -0.2) is 4.68 Å². The van der Waals surface area contributed by atoms with Gasteiger partial charge in [0.2, 0.25) is 5.91 Å². The second-order valence-electron chi connectivity index (χ2n) is 5.06. The van der Waals surface area contributed by atoms with Gasteiger partial charge in [0.25, 0.3) is 0 Å². The Hall–Kier alpha value is -2.56. The third-order valence-electron chi connectivity index (χ3n) is 3.51. The third-order valence-corrected chi connectivity index (χ3v) is 3.51. The highest BCUT2D eigenvalue weighted by atomic mass is 16.5. The van der Waals surface area contributed by atoms with Gasteiger partial charge in [-0.05, 0) is 36.8 Å². The van der Waals surface area contributed by atoms with Crippen molar-refractivity contribution in [1.82, 2.24) is 15.1 Å². The molecule has 21 heavy (non-hydrogen) atoms. The molecule has 0 unspecified atom stereocenters. The summed E-state index contributed by atoms with van der Waals surface area (Å²) in [6, 6.07) is 7.65. The minimum Gasteiger partial charge on any atom is -0.497 e. The summed E-state index contributed by atoms with van der Waals surface area (Å²) in [7, 11) is 1.63. The zero-order valence-corrected chi connectivity index (χ0v) is 12.1. The van der Waals surface area contributed by atoms with Crippen molar-refractivity contribution < 1.29 is 9.53 Å². The van der Waals surface area contributed by atoms with Crippen LogP contribution in [0.2, 0.25) is 0 Å². The molecule has 0 aliphatic carbocycles. The first-order chi connectivity index (χ1) is 10.2. The highest BCUT2D eigenvalue weighted by molar-refractivity contribution is 5.97. The van der Waals surface area contributed by atoms with E-state index in [1.165, 1.54) is 0 Å². The fourth-order valence-corrected chi connectivity index (χ4v) is 2.42. The topological polar surface area (TPSA) is 56.2 Å². The molecule has 1 amide bonds. The molecule has 108 valence electrons. The molecule has 0 atom stereocenters. The third kappa shape index (κ3) is 2.67. The maximum atomic E-state index is 11.8. The molecule has 0 fully saturated rings. The number of rotatable bonds is 3. The van der Waals surface area contributed by atoms with Crippen LogP contribution in [0.15, 0.2) is 36.7 Å². The Labute approximate surface area is 123 Å². The van der Waals surface area contributed by atoms with Crippen molar-refractivity contribution in [3.8, 4) is 5.75 Å². The minimum absolute atomic E-state index is 0.0356. The van der Waals surface area contributed by atoms with Gasteiger partial charge in [0.1, 0.15) is 5.75 Å². The summed E-state index contributed by atoms with van der Waals surface area (Å²) in [5.74, 6) is 0.825. The number of nitrogens with zero attached hydrogens (tertiary/aromatic N) is 2. The van der Waals surface area contributed by atoms with Gasteiger partial charge in [-0.1, -0.05) is 0 Å². The summed E-state index contributed by atoms with van der Waals surface area (Å²) in [6.07, 6.45) is 4.94. The van der Waals surface area contributed by atoms with Crippen LogP contribution in [-0.4, -0.2) is 22.8 Å². The molecule has 0 spiro atoms. The van der Waals surface area contributed by atoms with Crippen molar-refractivity contribution in [2.75, 3.05) is 7.11 Å². The number of amides is 1. The lowest BCUT2D eigenvalue weighted by Crippen LogP contribution is -2.28. The van der Waals surface area contributed by atoms with E-state index in [4.69, 9.17) is 4.74 Å². The van der Waals surface area contributed by atoms with Crippen molar-refractivity contribution in [2.24, 2.45) is 0 Å². The lowest BCUT2D eigenvalue weighted by Gasteiger charge is -2.21. The van der Waals surface area contributed by atoms with E-state index in [1.807, 2.05) is 48.3 Å². The summed E-state index contributed by atoms with van der Waals surface area (Å²) in [4.78, 5) is 11.8. The molecule has 0 saturated heterocycles. The number of ether oxygens (including phenoxy) is 1. The molecule has 3 rings (SSSR count). The molecule has 1 aliphatic heterocycles. The van der Waals surface area contributed by atoms with Crippen LogP contribution in [-0.2, 0) is 4.79 Å². The Morgan fingerprint density at radius 1 is 1.24 bits per heavy atom. The number of allylic oxidation sites excluding steroid dienone is 1. The maximum absolute atomic E-state index is 11.8. The molecule has 1 aromatic carbocycles. The highest BCUT2D eigenvalue weighted by Gasteiger charge is 2.21. The van der Waals surface area contributed by atoms with E-state index in [-0.39, 0.29) is 5.91 Å². The van der Waals surface area contributed by atoms with E-state index < -0.39 is 0 Å². The Bertz CT molecular complexity index is 699. The SMILES string of the molecule is COc1ccc(C2=C(n3cc(C)cn3)CCC(=O)N2)cc1. The predicted molar refractivity (Wildman–Crippen MR) is 80.4 cm³/mol. The van der Waals surface area contributed by atoms with Crippen LogP contribution < -0.4 is 10.1 Å². The Balaban J connectivity index is 2.07. The summed E-state index contributed by atoms with van der Waals surface area (Å²) in [5, 5.41) is 7.32. The van der Waals surface area contributed by atoms with Gasteiger partial charge in [-0.15, -0.1) is 0 Å². The maximum Gasteiger partial charge on any atom is 0.224 e. The van der Waals surface area contributed by atoms with Crippen LogP contribution in [0.5, 0.6) is 5.75 Å². The van der Waals surface area contributed by atoms with Crippen LogP contribution in [0.1, 0.15) is 24.0 Å². The number of hydrogen-bond acceptors (Lipinski definition) is 3. The molecule has 2 heterocycles. The van der Waals surface area contributed by atoms with Gasteiger partial charge >= 0.3 is 0 Å². The number of aromatic nitrogens is 2. The standard InChI is InChI=1S/C16H17N3O2/c1-11-9-17-19(10-11)14-7-8-15(20)18-16(14)12-3-5-13(21-2)6-4-12/h3-6,9-10H,7-8H2,1-2H3,(H,18,20). The first kappa shape index (κ1) is 13.4. The smallest absolute Gasteiger partial charge is 0.224 e. The number of nitrogens with one attached hydrogen (secondary N) is 1. The Morgan fingerprint density at radius 3 is 2.62 bits per heavy atom. The second-order valence-corrected chi connectivity index (χ2v) is 5.06. The van der Waals surface area contributed by atoms with E-state index in [2.05, 4.69) is 10.4 Å². The lowest BCUT2D eigenvalue weighted by molar-refractivity contribution is -0.120. The Morgan fingerprint density at radius 2 is 2.00 bits per heavy atom. The van der Waals surface area contributed by atoms with E-state index >= 15 is 0 Å². The fraction of sp³-hybridized carbons (Fsp3) is 0.250. The summed E-state index contributed by atoms with van der Waals surface area (Å²) in [5.41, 5.74) is 3.87. The number of hydrogen-bond donors (Lipinski definition) is 1. The first-order valence-corrected chi connectivity index (χ1v) is 6.86. The van der Waals surface area contributed by atoms with Crippen LogP contribution in [0, 0.1) is 6.92 Å². The number of carbonyl (C=O) groups excluding carboxylic acids is 1. The van der Waals surface area contributed by atoms with Gasteiger partial charge in [0, 0.05) is 24.6 Å². The van der Waals surface area contributed by atoms with Crippen molar-refractivity contribution in [2.45, 2.75) is 19.8 Å². The average molecular weight is 283 g/mol. The number of aryl methyl sites for hydroxylation is 1. The normalized spacial score (nSPS) is 15.0. The highest BCUT2D eigenvalue weighted by Crippen LogP contribution is 2.28. The van der Waals surface area contributed by atoms with Crippen LogP contribution in [0.25, 0.3) is 11.4 Å². The number of methoxy groups -OCH3 is 1. The largest absolute Gasteiger partial charge is 0.497 e. The van der Waals surface area contributed by atoms with Crippen molar-refractivity contribution >= 4 is 17.3 Å². The number of benzene rings is 1. The predicted octanol–water partition coefficient (Wildman–Crippen LogP) is 2.44. The van der Waals surface area contributed by atoms with Crippen LogP contribution in [0.4, 0.5) is 0 Å². The van der Waals surface area contributed by atoms with Crippen LogP contribution >= 0.6 is 0 Å². The first-order valence-electron chi connectivity index (χ1n) is 6.86. The van der Waals surface area contributed by atoms with E-state index in [0.29, 0.717) is 12.8 Å². The molecule has 0 saturated carbocycles. The van der Waals surface area contributed by atoms with Gasteiger partial charge in [-0.3, -0.25) is 4.79 Å². The molecule has 5 heteroatoms. The average Bonchev–Trinajstić information content (AvgIpc) is 2.93. The second kappa shape index (κ2) is 5.44. The van der Waals surface area contributed by atoms with E-state index in [0.717, 1.165) is 28.3 Å². The molecule has 1 N–H and O–H groups in total. The summed E-state index contributed by atoms with van der Waals surface area (Å²) in [6.45, 7) is 2.00. The quantitative estimate of drug-likeness (QED) is 0.941. The zero-order valence-electron chi connectivity index (χ0n) is 12.1. The molecule has 2 aromatic rings. The van der Waals surface area contributed by atoms with Gasteiger partial charge < -0.3 is 10.1 Å². The van der Waals surface area contributed by atoms with Crippen molar-refractivity contribution in [3.05, 3.63) is 47.8 Å². The van der Waals surface area contributed by atoms with E-state index in [9.17, 15) is 4.79 Å². The Kier molecular flexibility index (Phi) is 3.48. The molecule has 0 bridgehead atoms. The molecular weight excluding hydrogens is 266 g/mol. The molecule has 0 radical (unpaired) electrons. The van der Waals surface area contributed by atoms with E-state index in [1.54, 1.807) is 7.11 Å². The molecule has 1 aliphatic rings. The van der Waals surface area contributed by atoms with Crippen molar-refractivity contribution in [3.63, 3.8) is 0 Å². The summed E-state index contributed by atoms with van der Waals surface area (Å²) >= 11 is 0. The van der Waals surface area contributed by atoms with Gasteiger partial charge in [0.15, 0.2) is 0 Å². The number of carbonyl (C=O) groups is 1. The minimum atomic E-state index is 0.0356. The van der Waals surface area contributed by atoms with Gasteiger partial charge in [-0.2, -0.15) is 5.10 Å². The summed E-state index contributed by atoms with van der Waals surface area (Å²) < 4.78 is 7.01. The molecular formula is C16H17N3O2. The molecule has 1 aromatic heterocycles. The van der Waals surface area contributed by atoms with Gasteiger partial charge in [0.05, 0.1) is 24.7 Å². The lowest BCUT2D eigenvalue weighted by atomic mass is 10.0. The molecule has 5 nitrogen and oxygen atoms in total.